The van der Waals surface area contributed by atoms with Gasteiger partial charge in [0.1, 0.15) is 0 Å². The predicted octanol–water partition coefficient (Wildman–Crippen LogP) is 2.39. The second-order valence-electron chi connectivity index (χ2n) is 4.21. The standard InChI is InChI=1S/C12H14ClN3O3S/c1-3-20(17,18)16-8(2)11-14-12(19-15-11)9-4-6-10(13)7-5-9/h4-8,16H,3H2,1-2H3. The Kier molecular flexibility index (Phi) is 4.42. The van der Waals surface area contributed by atoms with Crippen molar-refractivity contribution in [3.8, 4) is 11.5 Å². The van der Waals surface area contributed by atoms with Gasteiger partial charge in [0.05, 0.1) is 11.8 Å². The highest BCUT2D eigenvalue weighted by Crippen LogP contribution is 2.21. The summed E-state index contributed by atoms with van der Waals surface area (Å²) in [6.45, 7) is 3.22. The molecule has 6 nitrogen and oxygen atoms in total. The molecule has 0 fully saturated rings. The Balaban J connectivity index is 2.18. The van der Waals surface area contributed by atoms with E-state index >= 15 is 0 Å². The van der Waals surface area contributed by atoms with Gasteiger partial charge in [-0.05, 0) is 38.1 Å². The fourth-order valence-corrected chi connectivity index (χ4v) is 2.46. The lowest BCUT2D eigenvalue weighted by Gasteiger charge is -2.08. The van der Waals surface area contributed by atoms with Crippen molar-refractivity contribution in [2.24, 2.45) is 0 Å². The van der Waals surface area contributed by atoms with Gasteiger partial charge < -0.3 is 4.52 Å². The lowest BCUT2D eigenvalue weighted by Crippen LogP contribution is -2.28. The molecule has 0 aliphatic carbocycles. The number of nitrogens with one attached hydrogen (secondary N) is 1. The van der Waals surface area contributed by atoms with Gasteiger partial charge in [-0.3, -0.25) is 0 Å². The van der Waals surface area contributed by atoms with E-state index in [0.717, 1.165) is 5.56 Å². The highest BCUT2D eigenvalue weighted by Gasteiger charge is 2.19. The first-order chi connectivity index (χ1) is 9.41. The van der Waals surface area contributed by atoms with Crippen molar-refractivity contribution < 1.29 is 12.9 Å². The minimum Gasteiger partial charge on any atom is -0.334 e. The van der Waals surface area contributed by atoms with Crippen LogP contribution in [0.4, 0.5) is 0 Å². The zero-order valence-corrected chi connectivity index (χ0v) is 12.6. The monoisotopic (exact) mass is 315 g/mol. The van der Waals surface area contributed by atoms with Crippen LogP contribution in [-0.2, 0) is 10.0 Å². The third-order valence-electron chi connectivity index (χ3n) is 2.66. The molecule has 0 spiro atoms. The van der Waals surface area contributed by atoms with E-state index < -0.39 is 16.1 Å². The van der Waals surface area contributed by atoms with E-state index in [-0.39, 0.29) is 11.6 Å². The molecular formula is C12H14ClN3O3S. The van der Waals surface area contributed by atoms with Crippen LogP contribution in [0.1, 0.15) is 25.7 Å². The third-order valence-corrected chi connectivity index (χ3v) is 4.38. The average molecular weight is 316 g/mol. The zero-order chi connectivity index (χ0) is 14.8. The van der Waals surface area contributed by atoms with Crippen molar-refractivity contribution in [1.29, 1.82) is 0 Å². The summed E-state index contributed by atoms with van der Waals surface area (Å²) in [5.41, 5.74) is 0.721. The van der Waals surface area contributed by atoms with Crippen LogP contribution in [0.3, 0.4) is 0 Å². The van der Waals surface area contributed by atoms with E-state index in [0.29, 0.717) is 10.9 Å². The van der Waals surface area contributed by atoms with Crippen LogP contribution in [0, 0.1) is 0 Å². The molecule has 1 aromatic carbocycles. The van der Waals surface area contributed by atoms with Gasteiger partial charge in [-0.1, -0.05) is 16.8 Å². The first kappa shape index (κ1) is 15.0. The first-order valence-corrected chi connectivity index (χ1v) is 8.04. The summed E-state index contributed by atoms with van der Waals surface area (Å²) in [4.78, 5) is 4.18. The minimum absolute atomic E-state index is 0.000761. The molecule has 0 saturated carbocycles. The summed E-state index contributed by atoms with van der Waals surface area (Å²) in [6, 6.07) is 6.37. The molecule has 20 heavy (non-hydrogen) atoms. The van der Waals surface area contributed by atoms with Crippen LogP contribution < -0.4 is 4.72 Å². The number of hydrogen-bond acceptors (Lipinski definition) is 5. The fraction of sp³-hybridized carbons (Fsp3) is 0.333. The SMILES string of the molecule is CCS(=O)(=O)NC(C)c1noc(-c2ccc(Cl)cc2)n1. The summed E-state index contributed by atoms with van der Waals surface area (Å²) in [6.07, 6.45) is 0. The van der Waals surface area contributed by atoms with E-state index in [9.17, 15) is 8.42 Å². The number of benzene rings is 1. The Morgan fingerprint density at radius 1 is 1.35 bits per heavy atom. The molecule has 1 unspecified atom stereocenters. The quantitative estimate of drug-likeness (QED) is 0.915. The number of rotatable bonds is 5. The maximum absolute atomic E-state index is 11.5. The molecule has 1 N–H and O–H groups in total. The molecule has 1 atom stereocenters. The van der Waals surface area contributed by atoms with Crippen molar-refractivity contribution in [3.63, 3.8) is 0 Å². The fourth-order valence-electron chi connectivity index (χ4n) is 1.53. The average Bonchev–Trinajstić information content (AvgIpc) is 2.89. The van der Waals surface area contributed by atoms with Gasteiger partial charge in [-0.15, -0.1) is 0 Å². The molecule has 0 bridgehead atoms. The van der Waals surface area contributed by atoms with E-state index in [2.05, 4.69) is 14.9 Å². The summed E-state index contributed by atoms with van der Waals surface area (Å²) in [5.74, 6) is 0.602. The number of nitrogens with zero attached hydrogens (tertiary/aromatic N) is 2. The molecule has 1 aromatic heterocycles. The Labute approximate surface area is 122 Å². The highest BCUT2D eigenvalue weighted by atomic mass is 35.5. The number of sulfonamides is 1. The molecule has 8 heteroatoms. The van der Waals surface area contributed by atoms with E-state index in [1.165, 1.54) is 0 Å². The maximum Gasteiger partial charge on any atom is 0.257 e. The lowest BCUT2D eigenvalue weighted by molar-refractivity contribution is 0.415. The molecular weight excluding hydrogens is 302 g/mol. The van der Waals surface area contributed by atoms with Gasteiger partial charge in [0.15, 0.2) is 5.82 Å². The summed E-state index contributed by atoms with van der Waals surface area (Å²) in [7, 11) is -3.32. The lowest BCUT2D eigenvalue weighted by atomic mass is 10.2. The molecule has 0 saturated heterocycles. The molecule has 0 amide bonds. The molecule has 0 aliphatic heterocycles. The summed E-state index contributed by atoms with van der Waals surface area (Å²) < 4.78 is 30.6. The third kappa shape index (κ3) is 3.56. The predicted molar refractivity (Wildman–Crippen MR) is 75.8 cm³/mol. The Bertz CT molecular complexity index is 682. The van der Waals surface area contributed by atoms with Crippen molar-refractivity contribution in [1.82, 2.24) is 14.9 Å². The molecule has 108 valence electrons. The van der Waals surface area contributed by atoms with Gasteiger partial charge >= 0.3 is 0 Å². The number of halogens is 1. The second-order valence-corrected chi connectivity index (χ2v) is 6.69. The van der Waals surface area contributed by atoms with E-state index in [1.54, 1.807) is 38.1 Å². The van der Waals surface area contributed by atoms with Gasteiger partial charge in [-0.2, -0.15) is 4.98 Å². The molecule has 0 aliphatic rings. The molecule has 1 heterocycles. The molecule has 0 radical (unpaired) electrons. The van der Waals surface area contributed by atoms with Gasteiger partial charge in [0, 0.05) is 10.6 Å². The molecule has 2 aromatic rings. The van der Waals surface area contributed by atoms with Crippen LogP contribution in [0.5, 0.6) is 0 Å². The summed E-state index contributed by atoms with van der Waals surface area (Å²) in [5, 5.41) is 4.40. The van der Waals surface area contributed by atoms with E-state index in [1.807, 2.05) is 0 Å². The van der Waals surface area contributed by atoms with E-state index in [4.69, 9.17) is 16.1 Å². The van der Waals surface area contributed by atoms with Crippen molar-refractivity contribution in [2.75, 3.05) is 5.75 Å². The Hall–Kier alpha value is -1.44. The highest BCUT2D eigenvalue weighted by molar-refractivity contribution is 7.89. The summed E-state index contributed by atoms with van der Waals surface area (Å²) >= 11 is 5.80. The second kappa shape index (κ2) is 5.90. The largest absolute Gasteiger partial charge is 0.334 e. The van der Waals surface area contributed by atoms with Crippen LogP contribution in [0.2, 0.25) is 5.02 Å². The molecule has 2 rings (SSSR count). The Morgan fingerprint density at radius 2 is 2.00 bits per heavy atom. The van der Waals surface area contributed by atoms with Crippen molar-refractivity contribution in [3.05, 3.63) is 35.1 Å². The van der Waals surface area contributed by atoms with Crippen LogP contribution in [0.25, 0.3) is 11.5 Å². The smallest absolute Gasteiger partial charge is 0.257 e. The van der Waals surface area contributed by atoms with Crippen LogP contribution in [-0.4, -0.2) is 24.3 Å². The normalized spacial score (nSPS) is 13.3. The van der Waals surface area contributed by atoms with Crippen molar-refractivity contribution >= 4 is 21.6 Å². The van der Waals surface area contributed by atoms with Crippen LogP contribution >= 0.6 is 11.6 Å². The zero-order valence-electron chi connectivity index (χ0n) is 11.0. The Morgan fingerprint density at radius 3 is 2.60 bits per heavy atom. The minimum atomic E-state index is -3.32. The topological polar surface area (TPSA) is 85.1 Å². The van der Waals surface area contributed by atoms with Crippen molar-refractivity contribution in [2.45, 2.75) is 19.9 Å². The maximum atomic E-state index is 11.5. The van der Waals surface area contributed by atoms with Gasteiger partial charge in [-0.25, -0.2) is 13.1 Å². The van der Waals surface area contributed by atoms with Gasteiger partial charge in [0.2, 0.25) is 10.0 Å². The first-order valence-electron chi connectivity index (χ1n) is 6.01. The van der Waals surface area contributed by atoms with Crippen LogP contribution in [0.15, 0.2) is 28.8 Å². The number of aromatic nitrogens is 2. The van der Waals surface area contributed by atoms with Gasteiger partial charge in [0.25, 0.3) is 5.89 Å². The number of hydrogen-bond donors (Lipinski definition) is 1.